The summed E-state index contributed by atoms with van der Waals surface area (Å²) in [6, 6.07) is 17.5. The molecule has 190 valence electrons. The van der Waals surface area contributed by atoms with Gasteiger partial charge in [-0.1, -0.05) is 30.3 Å². The lowest BCUT2D eigenvalue weighted by Crippen LogP contribution is -2.53. The van der Waals surface area contributed by atoms with Crippen LogP contribution in [0.25, 0.3) is 0 Å². The van der Waals surface area contributed by atoms with Crippen LogP contribution >= 0.6 is 11.3 Å². The Kier molecular flexibility index (Phi) is 8.56. The number of carbonyl (C=O) groups excluding carboxylic acids is 2. The van der Waals surface area contributed by atoms with Crippen LogP contribution in [-0.4, -0.2) is 56.0 Å². The SMILES string of the molecule is COc1ccccc1N1CCN([C@@H](c2cccs2)[C@@H](C)NC(=O)C(=O)NCc2ccc(F)cc2)CC1. The number of ether oxygens (including phenoxy) is 1. The lowest BCUT2D eigenvalue weighted by atomic mass is 10.0. The minimum Gasteiger partial charge on any atom is -0.495 e. The zero-order chi connectivity index (χ0) is 25.5. The van der Waals surface area contributed by atoms with E-state index in [9.17, 15) is 14.0 Å². The highest BCUT2D eigenvalue weighted by Crippen LogP contribution is 2.32. The van der Waals surface area contributed by atoms with Gasteiger partial charge in [0, 0.05) is 43.6 Å². The van der Waals surface area contributed by atoms with E-state index in [0.717, 1.165) is 48.1 Å². The molecule has 0 unspecified atom stereocenters. The van der Waals surface area contributed by atoms with Crippen molar-refractivity contribution < 1.29 is 18.7 Å². The molecule has 0 aliphatic carbocycles. The Bertz CT molecular complexity index is 1150. The van der Waals surface area contributed by atoms with E-state index in [2.05, 4.69) is 32.6 Å². The predicted octanol–water partition coefficient (Wildman–Crippen LogP) is 3.58. The van der Waals surface area contributed by atoms with Gasteiger partial charge in [-0.15, -0.1) is 11.3 Å². The Morgan fingerprint density at radius 2 is 1.72 bits per heavy atom. The fraction of sp³-hybridized carbons (Fsp3) is 0.333. The largest absolute Gasteiger partial charge is 0.495 e. The zero-order valence-electron chi connectivity index (χ0n) is 20.4. The zero-order valence-corrected chi connectivity index (χ0v) is 21.3. The molecule has 36 heavy (non-hydrogen) atoms. The molecular formula is C27H31FN4O3S. The van der Waals surface area contributed by atoms with Crippen molar-refractivity contribution >= 4 is 28.8 Å². The Hall–Kier alpha value is -3.43. The summed E-state index contributed by atoms with van der Waals surface area (Å²) in [7, 11) is 1.68. The maximum Gasteiger partial charge on any atom is 0.309 e. The summed E-state index contributed by atoms with van der Waals surface area (Å²) < 4.78 is 18.6. The molecule has 1 aliphatic rings. The van der Waals surface area contributed by atoms with E-state index < -0.39 is 11.8 Å². The molecule has 0 radical (unpaired) electrons. The van der Waals surface area contributed by atoms with Gasteiger partial charge in [-0.3, -0.25) is 14.5 Å². The minimum atomic E-state index is -0.711. The van der Waals surface area contributed by atoms with E-state index >= 15 is 0 Å². The first-order chi connectivity index (χ1) is 17.5. The third kappa shape index (κ3) is 6.22. The number of nitrogens with zero attached hydrogens (tertiary/aromatic N) is 2. The van der Waals surface area contributed by atoms with Crippen molar-refractivity contribution in [2.24, 2.45) is 0 Å². The number of carbonyl (C=O) groups is 2. The molecule has 1 fully saturated rings. The molecule has 0 spiro atoms. The molecule has 4 rings (SSSR count). The van der Waals surface area contributed by atoms with Gasteiger partial charge in [0.2, 0.25) is 0 Å². The van der Waals surface area contributed by atoms with Crippen LogP contribution in [0, 0.1) is 5.82 Å². The van der Waals surface area contributed by atoms with Gasteiger partial charge >= 0.3 is 11.8 Å². The van der Waals surface area contributed by atoms with Crippen molar-refractivity contribution in [3.8, 4) is 5.75 Å². The Balaban J connectivity index is 1.38. The van der Waals surface area contributed by atoms with Gasteiger partial charge in [0.05, 0.1) is 18.8 Å². The Labute approximate surface area is 214 Å². The topological polar surface area (TPSA) is 73.9 Å². The number of benzene rings is 2. The van der Waals surface area contributed by atoms with Crippen LogP contribution in [0.4, 0.5) is 10.1 Å². The van der Waals surface area contributed by atoms with Crippen molar-refractivity contribution in [3.05, 3.63) is 82.3 Å². The molecule has 1 aromatic heterocycles. The molecular weight excluding hydrogens is 479 g/mol. The fourth-order valence-electron chi connectivity index (χ4n) is 4.55. The van der Waals surface area contributed by atoms with Gasteiger partial charge < -0.3 is 20.3 Å². The average Bonchev–Trinajstić information content (AvgIpc) is 3.43. The normalized spacial score (nSPS) is 15.7. The van der Waals surface area contributed by atoms with Crippen molar-refractivity contribution in [1.82, 2.24) is 15.5 Å². The molecule has 2 aromatic carbocycles. The quantitative estimate of drug-likeness (QED) is 0.453. The van der Waals surface area contributed by atoms with Crippen LogP contribution in [-0.2, 0) is 16.1 Å². The minimum absolute atomic E-state index is 0.0568. The summed E-state index contributed by atoms with van der Waals surface area (Å²) in [5.74, 6) is -0.885. The molecule has 2 heterocycles. The predicted molar refractivity (Wildman–Crippen MR) is 140 cm³/mol. The first-order valence-corrected chi connectivity index (χ1v) is 12.8. The molecule has 2 amide bonds. The van der Waals surface area contributed by atoms with Gasteiger partial charge in [-0.25, -0.2) is 4.39 Å². The number of nitrogens with one attached hydrogen (secondary N) is 2. The summed E-state index contributed by atoms with van der Waals surface area (Å²) in [6.07, 6.45) is 0. The standard InChI is InChI=1S/C27H31FN4O3S/c1-19(30-27(34)26(33)29-18-20-9-11-21(28)12-10-20)25(24-8-5-17-36-24)32-15-13-31(14-16-32)22-6-3-4-7-23(22)35-2/h3-12,17,19,25H,13-16,18H2,1-2H3,(H,29,33)(H,30,34)/t19-,25-/m1/s1. The monoisotopic (exact) mass is 510 g/mol. The molecule has 2 atom stereocenters. The van der Waals surface area contributed by atoms with Crippen LogP contribution in [0.2, 0.25) is 0 Å². The van der Waals surface area contributed by atoms with Crippen LogP contribution in [0.1, 0.15) is 23.4 Å². The highest BCUT2D eigenvalue weighted by molar-refractivity contribution is 7.10. The smallest absolute Gasteiger partial charge is 0.309 e. The average molecular weight is 511 g/mol. The van der Waals surface area contributed by atoms with E-state index in [0.29, 0.717) is 0 Å². The number of rotatable bonds is 8. The second-order valence-corrected chi connectivity index (χ2v) is 9.71. The third-order valence-electron chi connectivity index (χ3n) is 6.37. The Morgan fingerprint density at radius 1 is 1.00 bits per heavy atom. The second-order valence-electron chi connectivity index (χ2n) is 8.73. The molecule has 2 N–H and O–H groups in total. The van der Waals surface area contributed by atoms with Crippen LogP contribution in [0.15, 0.2) is 66.0 Å². The van der Waals surface area contributed by atoms with Crippen molar-refractivity contribution in [2.45, 2.75) is 25.6 Å². The van der Waals surface area contributed by atoms with Crippen molar-refractivity contribution in [3.63, 3.8) is 0 Å². The fourth-order valence-corrected chi connectivity index (χ4v) is 5.51. The lowest BCUT2D eigenvalue weighted by Gasteiger charge is -2.42. The van der Waals surface area contributed by atoms with E-state index in [1.807, 2.05) is 36.6 Å². The number of halogens is 1. The number of piperazine rings is 1. The van der Waals surface area contributed by atoms with Gasteiger partial charge in [-0.05, 0) is 48.2 Å². The van der Waals surface area contributed by atoms with Gasteiger partial charge in [0.25, 0.3) is 0 Å². The summed E-state index contributed by atoms with van der Waals surface area (Å²) in [6.45, 7) is 5.33. The van der Waals surface area contributed by atoms with Crippen LogP contribution in [0.3, 0.4) is 0 Å². The van der Waals surface area contributed by atoms with Gasteiger partial charge in [0.1, 0.15) is 11.6 Å². The van der Waals surface area contributed by atoms with E-state index in [1.54, 1.807) is 30.6 Å². The second kappa shape index (κ2) is 12.0. The first-order valence-electron chi connectivity index (χ1n) is 11.9. The highest BCUT2D eigenvalue weighted by atomic mass is 32.1. The van der Waals surface area contributed by atoms with E-state index in [4.69, 9.17) is 4.74 Å². The number of para-hydroxylation sites is 2. The van der Waals surface area contributed by atoms with Crippen molar-refractivity contribution in [1.29, 1.82) is 0 Å². The van der Waals surface area contributed by atoms with Gasteiger partial charge in [-0.2, -0.15) is 0 Å². The van der Waals surface area contributed by atoms with Crippen LogP contribution < -0.4 is 20.3 Å². The number of hydrogen-bond acceptors (Lipinski definition) is 6. The summed E-state index contributed by atoms with van der Waals surface area (Å²) in [5, 5.41) is 7.53. The Morgan fingerprint density at radius 3 is 2.39 bits per heavy atom. The molecule has 7 nitrogen and oxygen atoms in total. The summed E-state index contributed by atoms with van der Waals surface area (Å²) in [4.78, 5) is 30.9. The molecule has 0 bridgehead atoms. The molecule has 1 aliphatic heterocycles. The summed E-state index contributed by atoms with van der Waals surface area (Å²) >= 11 is 1.64. The first kappa shape index (κ1) is 25.7. The maximum absolute atomic E-state index is 13.1. The highest BCUT2D eigenvalue weighted by Gasteiger charge is 2.32. The van der Waals surface area contributed by atoms with E-state index in [-0.39, 0.29) is 24.4 Å². The number of methoxy groups -OCH3 is 1. The molecule has 0 saturated carbocycles. The van der Waals surface area contributed by atoms with Gasteiger partial charge in [0.15, 0.2) is 0 Å². The number of hydrogen-bond donors (Lipinski definition) is 2. The molecule has 9 heteroatoms. The molecule has 3 aromatic rings. The summed E-state index contributed by atoms with van der Waals surface area (Å²) in [5.41, 5.74) is 1.79. The lowest BCUT2D eigenvalue weighted by molar-refractivity contribution is -0.140. The number of anilines is 1. The number of thiophene rings is 1. The third-order valence-corrected chi connectivity index (χ3v) is 7.32. The maximum atomic E-state index is 13.1. The van der Waals surface area contributed by atoms with Crippen LogP contribution in [0.5, 0.6) is 5.75 Å². The number of amides is 2. The van der Waals surface area contributed by atoms with E-state index in [1.165, 1.54) is 12.1 Å². The molecule has 1 saturated heterocycles. The van der Waals surface area contributed by atoms with Crippen molar-refractivity contribution in [2.75, 3.05) is 38.2 Å².